The lowest BCUT2D eigenvalue weighted by molar-refractivity contribution is -0.00358. The minimum absolute atomic E-state index is 0.248. The topological polar surface area (TPSA) is 21.3 Å². The molecule has 1 saturated heterocycles. The van der Waals surface area contributed by atoms with Crippen molar-refractivity contribution in [1.29, 1.82) is 0 Å². The molecule has 0 aliphatic carbocycles. The maximum atomic E-state index is 6.27. The van der Waals surface area contributed by atoms with E-state index in [-0.39, 0.29) is 6.10 Å². The van der Waals surface area contributed by atoms with Gasteiger partial charge >= 0.3 is 0 Å². The van der Waals surface area contributed by atoms with Crippen molar-refractivity contribution in [1.82, 2.24) is 5.32 Å². The van der Waals surface area contributed by atoms with Gasteiger partial charge in [0.1, 0.15) is 0 Å². The second kappa shape index (κ2) is 7.08. The van der Waals surface area contributed by atoms with E-state index in [4.69, 9.17) is 4.74 Å². The van der Waals surface area contributed by atoms with E-state index in [0.29, 0.717) is 12.6 Å². The largest absolute Gasteiger partial charge is 0.372 e. The van der Waals surface area contributed by atoms with Crippen LogP contribution in [-0.2, 0) is 11.3 Å². The Morgan fingerprint density at radius 1 is 1.05 bits per heavy atom. The molecule has 2 nitrogen and oxygen atoms in total. The highest BCUT2D eigenvalue weighted by Gasteiger charge is 2.26. The van der Waals surface area contributed by atoms with E-state index in [1.165, 1.54) is 28.7 Å². The molecule has 1 aliphatic heterocycles. The van der Waals surface area contributed by atoms with Gasteiger partial charge in [-0.25, -0.2) is 0 Å². The molecule has 0 aromatic heterocycles. The van der Waals surface area contributed by atoms with Crippen LogP contribution >= 0.6 is 0 Å². The number of piperidine rings is 1. The average Bonchev–Trinajstić information content (AvgIpc) is 2.57. The smallest absolute Gasteiger partial charge is 0.0774 e. The Bertz CT molecular complexity index is 608. The fourth-order valence-corrected chi connectivity index (χ4v) is 3.13. The second-order valence-corrected chi connectivity index (χ2v) is 6.25. The first-order valence-corrected chi connectivity index (χ1v) is 8.20. The number of nitrogens with one attached hydrogen (secondary N) is 1. The van der Waals surface area contributed by atoms with Crippen molar-refractivity contribution in [3.63, 3.8) is 0 Å². The molecule has 2 atom stereocenters. The van der Waals surface area contributed by atoms with Crippen LogP contribution in [-0.4, -0.2) is 12.6 Å². The fourth-order valence-electron chi connectivity index (χ4n) is 3.13. The van der Waals surface area contributed by atoms with Crippen LogP contribution in [0.1, 0.15) is 41.1 Å². The maximum absolute atomic E-state index is 6.27. The number of hydrogen-bond donors (Lipinski definition) is 1. The number of hydrogen-bond acceptors (Lipinski definition) is 2. The summed E-state index contributed by atoms with van der Waals surface area (Å²) in [5.41, 5.74) is 5.26. The van der Waals surface area contributed by atoms with E-state index in [2.05, 4.69) is 67.7 Å². The van der Waals surface area contributed by atoms with Crippen LogP contribution in [0.4, 0.5) is 0 Å². The predicted octanol–water partition coefficient (Wildman–Crippen LogP) is 4.31. The molecule has 0 amide bonds. The van der Waals surface area contributed by atoms with Gasteiger partial charge in [-0.15, -0.1) is 0 Å². The third kappa shape index (κ3) is 3.57. The molecule has 0 saturated carbocycles. The highest BCUT2D eigenvalue weighted by atomic mass is 16.5. The highest BCUT2D eigenvalue weighted by molar-refractivity contribution is 5.29. The number of ether oxygens (including phenoxy) is 1. The average molecular weight is 295 g/mol. The van der Waals surface area contributed by atoms with Crippen LogP contribution in [0.15, 0.2) is 48.5 Å². The molecular weight excluding hydrogens is 270 g/mol. The molecule has 0 unspecified atom stereocenters. The zero-order valence-corrected chi connectivity index (χ0v) is 13.5. The lowest BCUT2D eigenvalue weighted by atomic mass is 9.94. The summed E-state index contributed by atoms with van der Waals surface area (Å²) >= 11 is 0. The summed E-state index contributed by atoms with van der Waals surface area (Å²) < 4.78 is 6.27. The first kappa shape index (κ1) is 15.3. The highest BCUT2D eigenvalue weighted by Crippen LogP contribution is 2.27. The lowest BCUT2D eigenvalue weighted by Crippen LogP contribution is -2.39. The molecule has 1 heterocycles. The molecule has 2 heteroatoms. The zero-order valence-electron chi connectivity index (χ0n) is 13.5. The van der Waals surface area contributed by atoms with E-state index >= 15 is 0 Å². The molecule has 0 bridgehead atoms. The van der Waals surface area contributed by atoms with Gasteiger partial charge in [-0.2, -0.15) is 0 Å². The Balaban J connectivity index is 1.68. The van der Waals surface area contributed by atoms with Crippen molar-refractivity contribution in [3.8, 4) is 0 Å². The summed E-state index contributed by atoms with van der Waals surface area (Å²) in [5.74, 6) is 0. The first-order valence-electron chi connectivity index (χ1n) is 8.20. The van der Waals surface area contributed by atoms with Crippen LogP contribution in [0.5, 0.6) is 0 Å². The minimum atomic E-state index is 0.248. The molecule has 0 spiro atoms. The summed E-state index contributed by atoms with van der Waals surface area (Å²) in [5, 5.41) is 3.62. The van der Waals surface area contributed by atoms with E-state index in [1.807, 2.05) is 0 Å². The van der Waals surface area contributed by atoms with Crippen LogP contribution in [0, 0.1) is 13.8 Å². The van der Waals surface area contributed by atoms with Gasteiger partial charge in [-0.3, -0.25) is 0 Å². The second-order valence-electron chi connectivity index (χ2n) is 6.25. The fraction of sp³-hybridized carbons (Fsp3) is 0.400. The molecule has 0 radical (unpaired) electrons. The van der Waals surface area contributed by atoms with Crippen LogP contribution in [0.25, 0.3) is 0 Å². The maximum Gasteiger partial charge on any atom is 0.0774 e. The SMILES string of the molecule is Cc1ccc(CO[C@H]2CCCN[C@H]2c2ccccc2)cc1C. The van der Waals surface area contributed by atoms with Gasteiger partial charge in [0.15, 0.2) is 0 Å². The molecule has 2 aromatic carbocycles. The van der Waals surface area contributed by atoms with Crippen molar-refractivity contribution in [3.05, 3.63) is 70.8 Å². The molecule has 3 rings (SSSR count). The van der Waals surface area contributed by atoms with Gasteiger partial charge in [0.05, 0.1) is 18.8 Å². The summed E-state index contributed by atoms with van der Waals surface area (Å²) in [6.07, 6.45) is 2.55. The first-order chi connectivity index (χ1) is 10.7. The van der Waals surface area contributed by atoms with Crippen molar-refractivity contribution >= 4 is 0 Å². The lowest BCUT2D eigenvalue weighted by Gasteiger charge is -2.33. The minimum Gasteiger partial charge on any atom is -0.372 e. The van der Waals surface area contributed by atoms with Gasteiger partial charge in [-0.05, 0) is 55.5 Å². The van der Waals surface area contributed by atoms with Gasteiger partial charge in [-0.1, -0.05) is 48.5 Å². The summed E-state index contributed by atoms with van der Waals surface area (Å²) in [4.78, 5) is 0. The Kier molecular flexibility index (Phi) is 4.91. The number of benzene rings is 2. The molecule has 22 heavy (non-hydrogen) atoms. The molecule has 2 aromatic rings. The standard InChI is InChI=1S/C20H25NO/c1-15-10-11-17(13-16(15)2)14-22-19-9-6-12-21-20(19)18-7-4-3-5-8-18/h3-5,7-8,10-11,13,19-21H,6,9,12,14H2,1-2H3/t19-,20-/m0/s1. The van der Waals surface area contributed by atoms with E-state index in [9.17, 15) is 0 Å². The zero-order chi connectivity index (χ0) is 15.4. The van der Waals surface area contributed by atoms with E-state index < -0.39 is 0 Å². The Hall–Kier alpha value is -1.64. The number of rotatable bonds is 4. The Morgan fingerprint density at radius 3 is 2.64 bits per heavy atom. The molecule has 1 fully saturated rings. The summed E-state index contributed by atoms with van der Waals surface area (Å²) in [6.45, 7) is 6.07. The van der Waals surface area contributed by atoms with Crippen molar-refractivity contribution in [2.45, 2.75) is 45.4 Å². The number of aryl methyl sites for hydroxylation is 2. The van der Waals surface area contributed by atoms with Crippen LogP contribution < -0.4 is 5.32 Å². The van der Waals surface area contributed by atoms with E-state index in [1.54, 1.807) is 0 Å². The summed E-state index contributed by atoms with van der Waals surface area (Å²) in [6, 6.07) is 17.6. The third-order valence-corrected chi connectivity index (χ3v) is 4.60. The third-order valence-electron chi connectivity index (χ3n) is 4.60. The Labute approximate surface area is 133 Å². The predicted molar refractivity (Wildman–Crippen MR) is 90.9 cm³/mol. The van der Waals surface area contributed by atoms with Gasteiger partial charge < -0.3 is 10.1 Å². The van der Waals surface area contributed by atoms with Crippen LogP contribution in [0.3, 0.4) is 0 Å². The monoisotopic (exact) mass is 295 g/mol. The molecule has 116 valence electrons. The van der Waals surface area contributed by atoms with Gasteiger partial charge in [0, 0.05) is 0 Å². The molecule has 1 aliphatic rings. The van der Waals surface area contributed by atoms with Crippen LogP contribution in [0.2, 0.25) is 0 Å². The van der Waals surface area contributed by atoms with E-state index in [0.717, 1.165) is 13.0 Å². The van der Waals surface area contributed by atoms with Gasteiger partial charge in [0.2, 0.25) is 0 Å². The normalized spacial score (nSPS) is 21.7. The molecule has 1 N–H and O–H groups in total. The summed E-state index contributed by atoms with van der Waals surface area (Å²) in [7, 11) is 0. The molecular formula is C20H25NO. The van der Waals surface area contributed by atoms with Gasteiger partial charge in [0.25, 0.3) is 0 Å². The Morgan fingerprint density at radius 2 is 1.86 bits per heavy atom. The van der Waals surface area contributed by atoms with Crippen molar-refractivity contribution in [2.24, 2.45) is 0 Å². The van der Waals surface area contributed by atoms with Crippen molar-refractivity contribution in [2.75, 3.05) is 6.54 Å². The quantitative estimate of drug-likeness (QED) is 0.907. The van der Waals surface area contributed by atoms with Crippen molar-refractivity contribution < 1.29 is 4.74 Å².